The van der Waals surface area contributed by atoms with Gasteiger partial charge in [0.25, 0.3) is 0 Å². The Balaban J connectivity index is 1.58. The molecular formula is C19H19ClN4OS2. The zero-order valence-electron chi connectivity index (χ0n) is 14.6. The number of thiophene rings is 1. The van der Waals surface area contributed by atoms with Crippen molar-refractivity contribution in [2.45, 2.75) is 37.8 Å². The summed E-state index contributed by atoms with van der Waals surface area (Å²) < 4.78 is 2.20. The number of nitrogens with one attached hydrogen (secondary N) is 2. The standard InChI is InChI=1S/C19H19ClN4OS2/c20-14-7-5-13(6-8-14)19(9-1-2-10-19)21-16(25)12-24-17(22-23-18(24)26)15-4-3-11-27-15/h3-8,11H,1-2,9-10,12H2,(H,21,25)(H,23,26). The van der Waals surface area contributed by atoms with Crippen LogP contribution in [-0.2, 0) is 16.9 Å². The molecule has 8 heteroatoms. The number of carbonyl (C=O) groups excluding carboxylic acids is 1. The summed E-state index contributed by atoms with van der Waals surface area (Å²) in [6, 6.07) is 11.7. The third-order valence-electron chi connectivity index (χ3n) is 5.03. The Hall–Kier alpha value is -1.96. The lowest BCUT2D eigenvalue weighted by molar-refractivity contribution is -0.123. The summed E-state index contributed by atoms with van der Waals surface area (Å²) in [6.07, 6.45) is 4.03. The first kappa shape index (κ1) is 18.4. The molecule has 4 rings (SSSR count). The normalized spacial score (nSPS) is 15.7. The molecule has 3 aromatic rings. The van der Waals surface area contributed by atoms with E-state index in [4.69, 9.17) is 23.8 Å². The Labute approximate surface area is 171 Å². The molecule has 1 fully saturated rings. The lowest BCUT2D eigenvalue weighted by atomic mass is 9.88. The fourth-order valence-electron chi connectivity index (χ4n) is 3.74. The van der Waals surface area contributed by atoms with Crippen LogP contribution in [0.2, 0.25) is 5.02 Å². The van der Waals surface area contributed by atoms with Crippen LogP contribution in [0.25, 0.3) is 10.7 Å². The quantitative estimate of drug-likeness (QED) is 0.579. The summed E-state index contributed by atoms with van der Waals surface area (Å²) in [5.41, 5.74) is 0.767. The summed E-state index contributed by atoms with van der Waals surface area (Å²) in [6.45, 7) is 0.137. The van der Waals surface area contributed by atoms with Gasteiger partial charge in [0.15, 0.2) is 10.6 Å². The van der Waals surface area contributed by atoms with E-state index in [0.29, 0.717) is 15.6 Å². The highest BCUT2D eigenvalue weighted by atomic mass is 35.5. The van der Waals surface area contributed by atoms with Crippen molar-refractivity contribution in [1.29, 1.82) is 0 Å². The van der Waals surface area contributed by atoms with Gasteiger partial charge in [-0.3, -0.25) is 14.5 Å². The number of carbonyl (C=O) groups is 1. The van der Waals surface area contributed by atoms with Crippen LogP contribution in [0.1, 0.15) is 31.2 Å². The first-order valence-electron chi connectivity index (χ1n) is 8.84. The van der Waals surface area contributed by atoms with Crippen LogP contribution in [0.5, 0.6) is 0 Å². The maximum absolute atomic E-state index is 12.9. The van der Waals surface area contributed by atoms with Crippen molar-refractivity contribution in [3.63, 3.8) is 0 Å². The molecule has 140 valence electrons. The highest BCUT2D eigenvalue weighted by Crippen LogP contribution is 2.39. The number of H-pyrrole nitrogens is 1. The van der Waals surface area contributed by atoms with Crippen LogP contribution in [0.3, 0.4) is 0 Å². The van der Waals surface area contributed by atoms with Gasteiger partial charge in [-0.1, -0.05) is 42.6 Å². The van der Waals surface area contributed by atoms with Gasteiger partial charge in [0.1, 0.15) is 6.54 Å². The number of hydrogen-bond acceptors (Lipinski definition) is 4. The molecule has 0 atom stereocenters. The van der Waals surface area contributed by atoms with E-state index < -0.39 is 0 Å². The van der Waals surface area contributed by atoms with E-state index in [1.54, 1.807) is 15.9 Å². The zero-order chi connectivity index (χ0) is 18.9. The molecule has 1 saturated carbocycles. The highest BCUT2D eigenvalue weighted by Gasteiger charge is 2.37. The summed E-state index contributed by atoms with van der Waals surface area (Å²) in [5.74, 6) is 0.624. The van der Waals surface area contributed by atoms with Crippen LogP contribution in [0, 0.1) is 4.77 Å². The topological polar surface area (TPSA) is 62.7 Å². The average molecular weight is 419 g/mol. The molecule has 0 radical (unpaired) electrons. The van der Waals surface area contributed by atoms with Gasteiger partial charge >= 0.3 is 0 Å². The molecule has 2 N–H and O–H groups in total. The highest BCUT2D eigenvalue weighted by molar-refractivity contribution is 7.71. The van der Waals surface area contributed by atoms with Gasteiger partial charge in [-0.25, -0.2) is 0 Å². The minimum atomic E-state index is -0.337. The first-order valence-corrected chi connectivity index (χ1v) is 10.5. The average Bonchev–Trinajstić information content (AvgIpc) is 3.39. The van der Waals surface area contributed by atoms with Crippen molar-refractivity contribution >= 4 is 41.1 Å². The van der Waals surface area contributed by atoms with E-state index in [1.807, 2.05) is 41.8 Å². The summed E-state index contributed by atoms with van der Waals surface area (Å²) in [7, 11) is 0. The van der Waals surface area contributed by atoms with Crippen molar-refractivity contribution in [2.24, 2.45) is 0 Å². The van der Waals surface area contributed by atoms with Gasteiger partial charge < -0.3 is 5.32 Å². The molecule has 0 aliphatic heterocycles. The molecule has 5 nitrogen and oxygen atoms in total. The molecule has 2 aromatic heterocycles. The molecular weight excluding hydrogens is 400 g/mol. The van der Waals surface area contributed by atoms with Gasteiger partial charge in [-0.05, 0) is 54.2 Å². The second kappa shape index (κ2) is 7.58. The molecule has 0 saturated heterocycles. The zero-order valence-corrected chi connectivity index (χ0v) is 17.0. The smallest absolute Gasteiger partial charge is 0.240 e. The van der Waals surface area contributed by atoms with Gasteiger partial charge in [0, 0.05) is 5.02 Å². The van der Waals surface area contributed by atoms with Gasteiger partial charge in [0.05, 0.1) is 10.4 Å². The predicted octanol–water partition coefficient (Wildman–Crippen LogP) is 4.91. The van der Waals surface area contributed by atoms with Crippen molar-refractivity contribution in [1.82, 2.24) is 20.1 Å². The Morgan fingerprint density at radius 3 is 2.70 bits per heavy atom. The second-order valence-corrected chi connectivity index (χ2v) is 8.53. The summed E-state index contributed by atoms with van der Waals surface area (Å²) in [4.78, 5) is 13.9. The molecule has 0 unspecified atom stereocenters. The number of aromatic nitrogens is 3. The van der Waals surface area contributed by atoms with Gasteiger partial charge in [0.2, 0.25) is 5.91 Å². The van der Waals surface area contributed by atoms with Crippen LogP contribution in [0.15, 0.2) is 41.8 Å². The predicted molar refractivity (Wildman–Crippen MR) is 110 cm³/mol. The van der Waals surface area contributed by atoms with E-state index in [0.717, 1.165) is 36.1 Å². The number of hydrogen-bond donors (Lipinski definition) is 2. The number of aromatic amines is 1. The lowest BCUT2D eigenvalue weighted by Gasteiger charge is -2.31. The molecule has 1 aliphatic carbocycles. The maximum atomic E-state index is 12.9. The fourth-order valence-corrected chi connectivity index (χ4v) is 4.79. The Morgan fingerprint density at radius 2 is 2.04 bits per heavy atom. The first-order chi connectivity index (χ1) is 13.1. The van der Waals surface area contributed by atoms with Crippen LogP contribution in [0.4, 0.5) is 0 Å². The minimum absolute atomic E-state index is 0.0674. The lowest BCUT2D eigenvalue weighted by Crippen LogP contribution is -2.45. The fraction of sp³-hybridized carbons (Fsp3) is 0.316. The maximum Gasteiger partial charge on any atom is 0.240 e. The number of nitrogens with zero attached hydrogens (tertiary/aromatic N) is 2. The molecule has 27 heavy (non-hydrogen) atoms. The van der Waals surface area contributed by atoms with Gasteiger partial charge in [-0.2, -0.15) is 5.10 Å². The van der Waals surface area contributed by atoms with Crippen molar-refractivity contribution in [2.75, 3.05) is 0 Å². The summed E-state index contributed by atoms with van der Waals surface area (Å²) in [5, 5.41) is 13.0. The van der Waals surface area contributed by atoms with Crippen LogP contribution in [-0.4, -0.2) is 20.7 Å². The third kappa shape index (κ3) is 3.72. The molecule has 0 bridgehead atoms. The van der Waals surface area contributed by atoms with Gasteiger partial charge in [-0.15, -0.1) is 11.3 Å². The molecule has 0 spiro atoms. The Bertz CT molecular complexity index is 986. The van der Waals surface area contributed by atoms with Crippen molar-refractivity contribution < 1.29 is 4.79 Å². The summed E-state index contributed by atoms with van der Waals surface area (Å²) >= 11 is 12.9. The van der Waals surface area contributed by atoms with Crippen molar-refractivity contribution in [3.8, 4) is 10.7 Å². The molecule has 2 heterocycles. The van der Waals surface area contributed by atoms with Crippen LogP contribution >= 0.6 is 35.2 Å². The number of halogens is 1. The SMILES string of the molecule is O=C(Cn1c(-c2cccs2)n[nH]c1=S)NC1(c2ccc(Cl)cc2)CCCC1. The number of rotatable bonds is 5. The van der Waals surface area contributed by atoms with E-state index >= 15 is 0 Å². The largest absolute Gasteiger partial charge is 0.345 e. The number of amides is 1. The number of benzene rings is 1. The minimum Gasteiger partial charge on any atom is -0.345 e. The van der Waals surface area contributed by atoms with Crippen molar-refractivity contribution in [3.05, 3.63) is 57.1 Å². The van der Waals surface area contributed by atoms with E-state index in [9.17, 15) is 4.79 Å². The monoisotopic (exact) mass is 418 g/mol. The molecule has 1 aliphatic rings. The van der Waals surface area contributed by atoms with E-state index in [2.05, 4.69) is 15.5 Å². The Kier molecular flexibility index (Phi) is 5.16. The Morgan fingerprint density at radius 1 is 1.30 bits per heavy atom. The van der Waals surface area contributed by atoms with E-state index in [-0.39, 0.29) is 18.0 Å². The second-order valence-electron chi connectivity index (χ2n) is 6.76. The molecule has 1 amide bonds. The van der Waals surface area contributed by atoms with E-state index in [1.165, 1.54) is 0 Å². The molecule has 1 aromatic carbocycles. The third-order valence-corrected chi connectivity index (χ3v) is 6.46. The van der Waals surface area contributed by atoms with Crippen LogP contribution < -0.4 is 5.32 Å².